The molecule has 160 valence electrons. The maximum Gasteiger partial charge on any atom is 0.187 e. The first-order valence-corrected chi connectivity index (χ1v) is 8.64. The third-order valence-electron chi connectivity index (χ3n) is 4.63. The van der Waals surface area contributed by atoms with Crippen LogP contribution >= 0.6 is 0 Å². The van der Waals surface area contributed by atoms with Gasteiger partial charge in [0, 0.05) is 13.7 Å². The summed E-state index contributed by atoms with van der Waals surface area (Å²) in [5, 5.41) is 59.8. The Labute approximate surface area is 156 Å². The summed E-state index contributed by atoms with van der Waals surface area (Å²) in [7, 11) is 1.29. The molecule has 2 saturated heterocycles. The molecule has 10 unspecified atom stereocenters. The second-order valence-corrected chi connectivity index (χ2v) is 6.37. The van der Waals surface area contributed by atoms with Gasteiger partial charge in [-0.3, -0.25) is 0 Å². The van der Waals surface area contributed by atoms with Crippen molar-refractivity contribution in [3.05, 3.63) is 0 Å². The quantitative estimate of drug-likeness (QED) is 0.206. The Morgan fingerprint density at radius 3 is 2.04 bits per heavy atom. The molecule has 12 heteroatoms. The largest absolute Gasteiger partial charge is 0.394 e. The molecule has 2 fully saturated rings. The second kappa shape index (κ2) is 10.3. The molecule has 0 bridgehead atoms. The lowest BCUT2D eigenvalue weighted by Gasteiger charge is -2.46. The van der Waals surface area contributed by atoms with Gasteiger partial charge in [0.2, 0.25) is 0 Å². The van der Waals surface area contributed by atoms with Crippen LogP contribution in [0.3, 0.4) is 0 Å². The molecule has 0 aromatic rings. The number of hydrogen-bond donors (Lipinski definition) is 7. The van der Waals surface area contributed by atoms with Crippen molar-refractivity contribution in [3.63, 3.8) is 0 Å². The van der Waals surface area contributed by atoms with E-state index >= 15 is 0 Å². The van der Waals surface area contributed by atoms with Gasteiger partial charge < -0.3 is 60.1 Å². The van der Waals surface area contributed by atoms with E-state index < -0.39 is 74.6 Å². The van der Waals surface area contributed by atoms with Crippen molar-refractivity contribution in [2.45, 2.75) is 61.4 Å². The Morgan fingerprint density at radius 2 is 1.48 bits per heavy atom. The minimum atomic E-state index is -1.57. The Morgan fingerprint density at radius 1 is 0.852 bits per heavy atom. The van der Waals surface area contributed by atoms with Crippen molar-refractivity contribution in [2.24, 2.45) is 5.73 Å². The summed E-state index contributed by atoms with van der Waals surface area (Å²) in [6.07, 6.45) is -13.1. The van der Waals surface area contributed by atoms with E-state index in [0.29, 0.717) is 0 Å². The van der Waals surface area contributed by atoms with Crippen LogP contribution < -0.4 is 5.73 Å². The summed E-state index contributed by atoms with van der Waals surface area (Å²) in [4.78, 5) is 0. The van der Waals surface area contributed by atoms with Crippen molar-refractivity contribution >= 4 is 0 Å². The first-order valence-electron chi connectivity index (χ1n) is 8.64. The summed E-state index contributed by atoms with van der Waals surface area (Å²) >= 11 is 0. The zero-order valence-corrected chi connectivity index (χ0v) is 14.9. The van der Waals surface area contributed by atoms with E-state index in [1.54, 1.807) is 0 Å². The topological polar surface area (TPSA) is 194 Å². The van der Waals surface area contributed by atoms with E-state index in [2.05, 4.69) is 0 Å². The maximum absolute atomic E-state index is 10.5. The molecule has 2 rings (SSSR count). The van der Waals surface area contributed by atoms with E-state index in [9.17, 15) is 30.6 Å². The van der Waals surface area contributed by atoms with Gasteiger partial charge in [-0.05, 0) is 0 Å². The Balaban J connectivity index is 2.14. The van der Waals surface area contributed by atoms with Gasteiger partial charge in [-0.15, -0.1) is 0 Å². The average molecular weight is 399 g/mol. The number of nitrogens with two attached hydrogens (primary N) is 1. The highest BCUT2D eigenvalue weighted by atomic mass is 16.7. The first kappa shape index (κ1) is 22.8. The highest BCUT2D eigenvalue weighted by molar-refractivity contribution is 4.94. The van der Waals surface area contributed by atoms with Gasteiger partial charge >= 0.3 is 0 Å². The number of rotatable bonds is 8. The van der Waals surface area contributed by atoms with Crippen LogP contribution in [-0.4, -0.2) is 126 Å². The fourth-order valence-corrected chi connectivity index (χ4v) is 3.22. The fourth-order valence-electron chi connectivity index (χ4n) is 3.22. The summed E-state index contributed by atoms with van der Waals surface area (Å²) in [6, 6.07) is 0. The van der Waals surface area contributed by atoms with Gasteiger partial charge in [0.1, 0.15) is 48.8 Å². The van der Waals surface area contributed by atoms with Gasteiger partial charge in [-0.1, -0.05) is 0 Å². The van der Waals surface area contributed by atoms with Crippen molar-refractivity contribution in [2.75, 3.05) is 33.5 Å². The standard InChI is InChI=1S/C15H29NO11/c1-23-11-6(4-17)26-15(9(20)8(11)19)27-12-7(5-18)25-14(22)13(10(12)21)24-3-2-16/h6-15,17-22H,2-5,16H2,1H3. The second-order valence-electron chi connectivity index (χ2n) is 6.37. The number of aliphatic hydroxyl groups is 6. The molecule has 10 atom stereocenters. The predicted molar refractivity (Wildman–Crippen MR) is 86.2 cm³/mol. The molecule has 0 saturated carbocycles. The molecule has 2 aliphatic rings. The molecule has 8 N–H and O–H groups in total. The summed E-state index contributed by atoms with van der Waals surface area (Å²) in [5.41, 5.74) is 5.35. The van der Waals surface area contributed by atoms with Crippen LogP contribution in [0.15, 0.2) is 0 Å². The number of hydrogen-bond acceptors (Lipinski definition) is 12. The third-order valence-corrected chi connectivity index (χ3v) is 4.63. The summed E-state index contributed by atoms with van der Waals surface area (Å²) < 4.78 is 26.5. The van der Waals surface area contributed by atoms with Crippen LogP contribution in [0.1, 0.15) is 0 Å². The summed E-state index contributed by atoms with van der Waals surface area (Å²) in [5.74, 6) is 0. The molecule has 0 aliphatic carbocycles. The molecule has 12 nitrogen and oxygen atoms in total. The Bertz CT molecular complexity index is 442. The van der Waals surface area contributed by atoms with Crippen LogP contribution in [0.25, 0.3) is 0 Å². The molecule has 0 aromatic carbocycles. The molecule has 0 spiro atoms. The first-order chi connectivity index (χ1) is 12.9. The minimum absolute atomic E-state index is 0.0298. The van der Waals surface area contributed by atoms with Crippen LogP contribution in [0, 0.1) is 0 Å². The highest BCUT2D eigenvalue weighted by Crippen LogP contribution is 2.30. The molecule has 0 amide bonds. The fraction of sp³-hybridized carbons (Fsp3) is 1.00. The van der Waals surface area contributed by atoms with Crippen LogP contribution in [0.2, 0.25) is 0 Å². The van der Waals surface area contributed by atoms with E-state index in [1.165, 1.54) is 7.11 Å². The molecule has 0 radical (unpaired) electrons. The molecule has 2 aliphatic heterocycles. The molecule has 27 heavy (non-hydrogen) atoms. The van der Waals surface area contributed by atoms with Gasteiger partial charge in [0.15, 0.2) is 12.6 Å². The SMILES string of the molecule is COC1C(CO)OC(OC2C(CO)OC(O)C(OCCN)C2O)C(O)C1O. The van der Waals surface area contributed by atoms with Crippen molar-refractivity contribution in [3.8, 4) is 0 Å². The van der Waals surface area contributed by atoms with E-state index in [-0.39, 0.29) is 13.2 Å². The molecular formula is C15H29NO11. The smallest absolute Gasteiger partial charge is 0.187 e. The average Bonchev–Trinajstić information content (AvgIpc) is 2.66. The third kappa shape index (κ3) is 4.93. The van der Waals surface area contributed by atoms with E-state index in [1.807, 2.05) is 0 Å². The number of methoxy groups -OCH3 is 1. The zero-order chi connectivity index (χ0) is 20.1. The summed E-state index contributed by atoms with van der Waals surface area (Å²) in [6.45, 7) is -0.964. The lowest BCUT2D eigenvalue weighted by atomic mass is 9.97. The molecule has 2 heterocycles. The van der Waals surface area contributed by atoms with Crippen LogP contribution in [0.4, 0.5) is 0 Å². The zero-order valence-electron chi connectivity index (χ0n) is 14.9. The maximum atomic E-state index is 10.5. The molecular weight excluding hydrogens is 370 g/mol. The van der Waals surface area contributed by atoms with E-state index in [4.69, 9.17) is 29.4 Å². The predicted octanol–water partition coefficient (Wildman–Crippen LogP) is -4.76. The van der Waals surface area contributed by atoms with Crippen molar-refractivity contribution < 1.29 is 54.3 Å². The van der Waals surface area contributed by atoms with E-state index in [0.717, 1.165) is 0 Å². The highest BCUT2D eigenvalue weighted by Gasteiger charge is 2.51. The van der Waals surface area contributed by atoms with Gasteiger partial charge in [-0.2, -0.15) is 0 Å². The normalized spacial score (nSPS) is 45.8. The minimum Gasteiger partial charge on any atom is -0.394 e. The van der Waals surface area contributed by atoms with Gasteiger partial charge in [-0.25, -0.2) is 0 Å². The number of aliphatic hydroxyl groups excluding tert-OH is 6. The van der Waals surface area contributed by atoms with Gasteiger partial charge in [0.25, 0.3) is 0 Å². The lowest BCUT2D eigenvalue weighted by molar-refractivity contribution is -0.359. The Kier molecular flexibility index (Phi) is 8.73. The van der Waals surface area contributed by atoms with Crippen molar-refractivity contribution in [1.29, 1.82) is 0 Å². The lowest BCUT2D eigenvalue weighted by Crippen LogP contribution is -2.65. The van der Waals surface area contributed by atoms with Crippen LogP contribution in [0.5, 0.6) is 0 Å². The van der Waals surface area contributed by atoms with Crippen LogP contribution in [-0.2, 0) is 23.7 Å². The van der Waals surface area contributed by atoms with Gasteiger partial charge in [0.05, 0.1) is 19.8 Å². The number of ether oxygens (including phenoxy) is 5. The monoisotopic (exact) mass is 399 g/mol. The van der Waals surface area contributed by atoms with Crippen molar-refractivity contribution in [1.82, 2.24) is 0 Å². The Hall–Kier alpha value is -0.480. The molecule has 0 aromatic heterocycles.